The summed E-state index contributed by atoms with van der Waals surface area (Å²) in [6.45, 7) is 0.699. The molecule has 61 heavy (non-hydrogen) atoms. The number of sulfonamides is 2. The molecule has 5 aromatic carbocycles. The molecule has 14 nitrogen and oxygen atoms in total. The Hall–Kier alpha value is -3.38. The molecule has 2 aliphatic heterocycles. The number of nitrogens with two attached hydrogens (primary N) is 2. The summed E-state index contributed by atoms with van der Waals surface area (Å²) in [4.78, 5) is 0.647. The first kappa shape index (κ1) is 50.3. The van der Waals surface area contributed by atoms with Gasteiger partial charge in [-0.15, -0.1) is 0 Å². The molecule has 0 saturated carbocycles. The van der Waals surface area contributed by atoms with Crippen molar-refractivity contribution < 1.29 is 45.5 Å². The number of rotatable bonds is 9. The molecule has 0 aromatic heterocycles. The summed E-state index contributed by atoms with van der Waals surface area (Å²) in [5.74, 6) is 0. The molecule has 0 spiro atoms. The van der Waals surface area contributed by atoms with Crippen LogP contribution in [-0.2, 0) is 29.1 Å². The van der Waals surface area contributed by atoms with Crippen LogP contribution in [0, 0.1) is 0 Å². The molecule has 0 unspecified atom stereocenters. The van der Waals surface area contributed by atoms with E-state index in [1.165, 1.54) is 26.8 Å². The van der Waals surface area contributed by atoms with Crippen LogP contribution < -0.4 is 16.9 Å². The maximum absolute atomic E-state index is 12.7. The first-order chi connectivity index (χ1) is 28.8. The highest BCUT2D eigenvalue weighted by Gasteiger charge is 2.35. The monoisotopic (exact) mass is 1040 g/mol. The van der Waals surface area contributed by atoms with E-state index >= 15 is 0 Å². The number of halogens is 3. The topological polar surface area (TPSA) is 242 Å². The van der Waals surface area contributed by atoms with Gasteiger partial charge in [-0.3, -0.25) is 0 Å². The molecule has 0 amide bonds. The molecule has 2 heterocycles. The lowest BCUT2D eigenvalue weighted by atomic mass is 9.80. The molecular formula is C40H46BBr2ClN4O10S3. The van der Waals surface area contributed by atoms with E-state index in [2.05, 4.69) is 31.9 Å². The van der Waals surface area contributed by atoms with Crippen molar-refractivity contribution in [2.24, 2.45) is 0 Å². The van der Waals surface area contributed by atoms with Crippen LogP contribution in [0.5, 0.6) is 0 Å². The van der Waals surface area contributed by atoms with E-state index in [-0.39, 0.29) is 40.0 Å². The lowest BCUT2D eigenvalue weighted by molar-refractivity contribution is 0.213. The minimum absolute atomic E-state index is 0.113. The zero-order valence-electron chi connectivity index (χ0n) is 32.6. The lowest BCUT2D eigenvalue weighted by Crippen LogP contribution is -2.37. The van der Waals surface area contributed by atoms with E-state index in [1.807, 2.05) is 24.3 Å². The van der Waals surface area contributed by atoms with Gasteiger partial charge in [-0.05, 0) is 127 Å². The van der Waals surface area contributed by atoms with Crippen molar-refractivity contribution in [1.82, 2.24) is 8.61 Å². The molecule has 5 aromatic rings. The standard InChI is InChI=1S/C17H20N2O3S.C11H14BrNO3S.C6H8BNO2.C6H4BrClO2S/c18-15-4-1-3-14(11-15)13-6-8-17(9-7-13)23(21,22)19-10-2-5-16(19)12-20;12-9-3-5-11(6-4-9)17(15,16)13-7-1-2-10(13)8-14;8-6-3-1-2-5(4-6)7(9)10;7-5-1-3-6(4-2-5)11(8,9)10/h1,3-4,6-9,11,16,20H,2,5,10,12,18H2;3-6,10,14H,1-2,7-8H2;1-4,9-10H,8H2;1-4H/t16-;10-;;/m11../s1. The van der Waals surface area contributed by atoms with Gasteiger partial charge in [0.25, 0.3) is 9.05 Å². The van der Waals surface area contributed by atoms with E-state index in [9.17, 15) is 35.5 Å². The van der Waals surface area contributed by atoms with Gasteiger partial charge in [0.1, 0.15) is 0 Å². The number of hydrogen-bond acceptors (Lipinski definition) is 12. The van der Waals surface area contributed by atoms with E-state index < -0.39 is 36.2 Å². The number of nitrogens with zero attached hydrogens (tertiary/aromatic N) is 2. The fourth-order valence-corrected chi connectivity index (χ4v) is 11.0. The van der Waals surface area contributed by atoms with E-state index in [0.29, 0.717) is 36.3 Å². The van der Waals surface area contributed by atoms with Crippen molar-refractivity contribution in [3.05, 3.63) is 130 Å². The van der Waals surface area contributed by atoms with Crippen molar-refractivity contribution in [1.29, 1.82) is 0 Å². The lowest BCUT2D eigenvalue weighted by Gasteiger charge is -2.22. The van der Waals surface area contributed by atoms with Crippen LogP contribution in [0.25, 0.3) is 11.1 Å². The zero-order chi connectivity index (χ0) is 45.0. The molecule has 0 bridgehead atoms. The van der Waals surface area contributed by atoms with Crippen molar-refractivity contribution in [2.45, 2.75) is 52.5 Å². The Morgan fingerprint density at radius 1 is 0.590 bits per heavy atom. The summed E-state index contributed by atoms with van der Waals surface area (Å²) in [7, 11) is -6.95. The molecule has 328 valence electrons. The Bertz CT molecular complexity index is 2530. The van der Waals surface area contributed by atoms with Gasteiger partial charge < -0.3 is 31.7 Å². The molecule has 2 atom stereocenters. The van der Waals surface area contributed by atoms with Gasteiger partial charge in [-0.2, -0.15) is 8.61 Å². The smallest absolute Gasteiger partial charge is 0.423 e. The number of aliphatic hydroxyl groups is 2. The van der Waals surface area contributed by atoms with E-state index in [0.717, 1.165) is 39.3 Å². The summed E-state index contributed by atoms with van der Waals surface area (Å²) in [6.07, 6.45) is 3.02. The summed E-state index contributed by atoms with van der Waals surface area (Å²) in [5, 5.41) is 35.8. The first-order valence-electron chi connectivity index (χ1n) is 18.7. The second kappa shape index (κ2) is 22.8. The fraction of sp³-hybridized carbons (Fsp3) is 0.250. The van der Waals surface area contributed by atoms with Gasteiger partial charge >= 0.3 is 7.12 Å². The largest absolute Gasteiger partial charge is 0.488 e. The van der Waals surface area contributed by atoms with Crippen molar-refractivity contribution >= 4 is 95.6 Å². The van der Waals surface area contributed by atoms with Gasteiger partial charge in [0.2, 0.25) is 20.0 Å². The molecule has 0 aliphatic carbocycles. The molecule has 8 N–H and O–H groups in total. The number of benzene rings is 5. The van der Waals surface area contributed by atoms with Crippen LogP contribution >= 0.6 is 42.5 Å². The molecular weight excluding hydrogens is 999 g/mol. The van der Waals surface area contributed by atoms with Crippen LogP contribution in [0.1, 0.15) is 25.7 Å². The number of anilines is 2. The highest BCUT2D eigenvalue weighted by molar-refractivity contribution is 9.10. The van der Waals surface area contributed by atoms with Gasteiger partial charge in [-0.1, -0.05) is 68.3 Å². The molecule has 2 fully saturated rings. The number of aliphatic hydroxyl groups excluding tert-OH is 2. The van der Waals surface area contributed by atoms with Gasteiger partial charge in [0.05, 0.1) is 27.9 Å². The molecule has 0 radical (unpaired) electrons. The summed E-state index contributed by atoms with van der Waals surface area (Å²) in [5.41, 5.74) is 14.6. The van der Waals surface area contributed by atoms with Crippen molar-refractivity contribution in [3.8, 4) is 11.1 Å². The van der Waals surface area contributed by atoms with Crippen LogP contribution in [0.15, 0.2) is 145 Å². The van der Waals surface area contributed by atoms with Crippen molar-refractivity contribution in [2.75, 3.05) is 37.8 Å². The summed E-state index contributed by atoms with van der Waals surface area (Å²) in [6, 6.07) is 32.8. The van der Waals surface area contributed by atoms with E-state index in [1.54, 1.807) is 78.9 Å². The van der Waals surface area contributed by atoms with Crippen LogP contribution in [0.4, 0.5) is 11.4 Å². The second-order valence-electron chi connectivity index (χ2n) is 13.7. The quantitative estimate of drug-likeness (QED) is 0.0650. The van der Waals surface area contributed by atoms with Crippen LogP contribution in [0.2, 0.25) is 0 Å². The minimum Gasteiger partial charge on any atom is -0.423 e. The SMILES string of the molecule is Nc1cccc(-c2ccc(S(=O)(=O)N3CCC[C@@H]3CO)cc2)c1.Nc1cccc(B(O)O)c1.O=S(=O)(Cl)c1ccc(Br)cc1.O=S(=O)(c1ccc(Br)cc1)N1CCC[C@@H]1CO. The average Bonchev–Trinajstić information content (AvgIpc) is 3.93. The Labute approximate surface area is 378 Å². The molecule has 2 aliphatic rings. The number of nitrogen functional groups attached to an aromatic ring is 2. The zero-order valence-corrected chi connectivity index (χ0v) is 39.0. The predicted octanol–water partition coefficient (Wildman–Crippen LogP) is 5.00. The third-order valence-electron chi connectivity index (χ3n) is 9.47. The Kier molecular flexibility index (Phi) is 18.8. The highest BCUT2D eigenvalue weighted by atomic mass is 79.9. The normalized spacial score (nSPS) is 16.9. The fourth-order valence-electron chi connectivity index (χ4n) is 6.35. The Balaban J connectivity index is 0.000000190. The minimum atomic E-state index is -3.57. The third kappa shape index (κ3) is 14.3. The van der Waals surface area contributed by atoms with Crippen LogP contribution in [-0.4, -0.2) is 99.6 Å². The second-order valence-corrected chi connectivity index (χ2v) is 21.9. The average molecular weight is 1050 g/mol. The Morgan fingerprint density at radius 2 is 1.00 bits per heavy atom. The molecule has 7 rings (SSSR count). The summed E-state index contributed by atoms with van der Waals surface area (Å²) < 4.78 is 75.9. The van der Waals surface area contributed by atoms with Gasteiger partial charge in [-0.25, -0.2) is 25.3 Å². The van der Waals surface area contributed by atoms with Gasteiger partial charge in [0, 0.05) is 56.2 Å². The molecule has 2 saturated heterocycles. The first-order valence-corrected chi connectivity index (χ1v) is 25.4. The summed E-state index contributed by atoms with van der Waals surface area (Å²) >= 11 is 6.45. The molecule has 21 heteroatoms. The Morgan fingerprint density at radius 3 is 1.38 bits per heavy atom. The van der Waals surface area contributed by atoms with Gasteiger partial charge in [0.15, 0.2) is 0 Å². The highest BCUT2D eigenvalue weighted by Crippen LogP contribution is 2.29. The predicted molar refractivity (Wildman–Crippen MR) is 246 cm³/mol. The maximum Gasteiger partial charge on any atom is 0.488 e. The van der Waals surface area contributed by atoms with Crippen LogP contribution in [0.3, 0.4) is 0 Å². The van der Waals surface area contributed by atoms with E-state index in [4.69, 9.17) is 32.2 Å². The number of hydrogen-bond donors (Lipinski definition) is 6. The van der Waals surface area contributed by atoms with Crippen molar-refractivity contribution in [3.63, 3.8) is 0 Å². The third-order valence-corrected chi connectivity index (χ3v) is 15.8. The maximum atomic E-state index is 12.7.